The van der Waals surface area contributed by atoms with E-state index in [1.165, 1.54) is 10.4 Å². The predicted molar refractivity (Wildman–Crippen MR) is 75.7 cm³/mol. The molecule has 0 amide bonds. The first-order valence-corrected chi connectivity index (χ1v) is 7.09. The van der Waals surface area contributed by atoms with Crippen molar-refractivity contribution in [3.8, 4) is 0 Å². The molecule has 92 valence electrons. The fourth-order valence-corrected chi connectivity index (χ4v) is 3.12. The van der Waals surface area contributed by atoms with Crippen molar-refractivity contribution < 1.29 is 4.79 Å². The van der Waals surface area contributed by atoms with Gasteiger partial charge in [0.05, 0.1) is 0 Å². The molecule has 0 fully saturated rings. The Labute approximate surface area is 111 Å². The van der Waals surface area contributed by atoms with Gasteiger partial charge < -0.3 is 5.32 Å². The summed E-state index contributed by atoms with van der Waals surface area (Å²) in [5.41, 5.74) is 3.98. The van der Waals surface area contributed by atoms with Gasteiger partial charge in [-0.3, -0.25) is 4.79 Å². The maximum absolute atomic E-state index is 12.5. The number of ketones is 1. The molecular weight excluding hydrogens is 242 g/mol. The Morgan fingerprint density at radius 2 is 2.28 bits per heavy atom. The van der Waals surface area contributed by atoms with E-state index in [2.05, 4.69) is 11.4 Å². The molecule has 2 nitrogen and oxygen atoms in total. The smallest absolute Gasteiger partial charge is 0.194 e. The number of nitrogens with one attached hydrogen (secondary N) is 1. The van der Waals surface area contributed by atoms with Gasteiger partial charge in [-0.15, -0.1) is 11.3 Å². The van der Waals surface area contributed by atoms with Crippen LogP contribution in [0.2, 0.25) is 0 Å². The Morgan fingerprint density at radius 3 is 3.06 bits per heavy atom. The number of thiophene rings is 1. The Kier molecular flexibility index (Phi) is 2.92. The molecule has 1 aliphatic heterocycles. The highest BCUT2D eigenvalue weighted by molar-refractivity contribution is 7.10. The molecule has 0 saturated carbocycles. The van der Waals surface area contributed by atoms with E-state index in [0.717, 1.165) is 36.2 Å². The van der Waals surface area contributed by atoms with E-state index in [-0.39, 0.29) is 5.78 Å². The average Bonchev–Trinajstić information content (AvgIpc) is 2.84. The molecule has 0 spiro atoms. The average molecular weight is 257 g/mol. The molecule has 1 N–H and O–H groups in total. The number of fused-ring (bicyclic) bond motifs is 1. The van der Waals surface area contributed by atoms with Gasteiger partial charge >= 0.3 is 0 Å². The molecule has 0 atom stereocenters. The summed E-state index contributed by atoms with van der Waals surface area (Å²) in [6, 6.07) is 7.94. The van der Waals surface area contributed by atoms with Crippen LogP contribution in [-0.2, 0) is 6.42 Å². The van der Waals surface area contributed by atoms with Crippen LogP contribution in [0.5, 0.6) is 0 Å². The second-order valence-electron chi connectivity index (χ2n) is 4.64. The molecule has 2 heterocycles. The maximum Gasteiger partial charge on any atom is 0.194 e. The Bertz CT molecular complexity index is 600. The van der Waals surface area contributed by atoms with E-state index in [1.54, 1.807) is 11.3 Å². The fourth-order valence-electron chi connectivity index (χ4n) is 2.44. The summed E-state index contributed by atoms with van der Waals surface area (Å²) in [6.07, 6.45) is 2.09. The number of hydrogen-bond acceptors (Lipinski definition) is 3. The van der Waals surface area contributed by atoms with Crippen LogP contribution in [-0.4, -0.2) is 12.3 Å². The minimum atomic E-state index is 0.153. The Morgan fingerprint density at radius 1 is 1.39 bits per heavy atom. The molecule has 1 aromatic heterocycles. The summed E-state index contributed by atoms with van der Waals surface area (Å²) in [6.45, 7) is 3.03. The summed E-state index contributed by atoms with van der Waals surface area (Å²) in [5, 5.41) is 5.32. The molecule has 0 bridgehead atoms. The molecule has 2 aromatic rings. The van der Waals surface area contributed by atoms with Gasteiger partial charge in [0.15, 0.2) is 5.78 Å². The van der Waals surface area contributed by atoms with Gasteiger partial charge in [-0.2, -0.15) is 0 Å². The monoisotopic (exact) mass is 257 g/mol. The molecule has 0 radical (unpaired) electrons. The van der Waals surface area contributed by atoms with Crippen LogP contribution < -0.4 is 5.32 Å². The van der Waals surface area contributed by atoms with Crippen LogP contribution >= 0.6 is 11.3 Å². The van der Waals surface area contributed by atoms with Crippen LogP contribution in [0.15, 0.2) is 29.6 Å². The molecule has 1 aromatic carbocycles. The van der Waals surface area contributed by atoms with Gasteiger partial charge in [-0.1, -0.05) is 12.1 Å². The van der Waals surface area contributed by atoms with Crippen molar-refractivity contribution >= 4 is 22.8 Å². The number of carbonyl (C=O) groups is 1. The van der Waals surface area contributed by atoms with Crippen molar-refractivity contribution in [1.82, 2.24) is 0 Å². The third-order valence-corrected chi connectivity index (χ3v) is 4.19. The molecule has 0 saturated heterocycles. The SMILES string of the molecule is Cc1cc(C(=O)c2cccc3c2CCCN3)cs1. The van der Waals surface area contributed by atoms with Crippen molar-refractivity contribution in [1.29, 1.82) is 0 Å². The van der Waals surface area contributed by atoms with Crippen LogP contribution in [0.25, 0.3) is 0 Å². The van der Waals surface area contributed by atoms with Crippen molar-refractivity contribution in [2.75, 3.05) is 11.9 Å². The number of benzene rings is 1. The molecular formula is C15H15NOS. The van der Waals surface area contributed by atoms with E-state index >= 15 is 0 Å². The summed E-state index contributed by atoms with van der Waals surface area (Å²) in [4.78, 5) is 13.7. The first kappa shape index (κ1) is 11.5. The highest BCUT2D eigenvalue weighted by atomic mass is 32.1. The summed E-state index contributed by atoms with van der Waals surface area (Å²) >= 11 is 1.63. The largest absolute Gasteiger partial charge is 0.385 e. The summed E-state index contributed by atoms with van der Waals surface area (Å²) in [5.74, 6) is 0.153. The first-order chi connectivity index (χ1) is 8.75. The lowest BCUT2D eigenvalue weighted by atomic mass is 9.93. The zero-order chi connectivity index (χ0) is 12.5. The van der Waals surface area contributed by atoms with Crippen LogP contribution in [0.3, 0.4) is 0 Å². The summed E-state index contributed by atoms with van der Waals surface area (Å²) in [7, 11) is 0. The second kappa shape index (κ2) is 4.58. The number of rotatable bonds is 2. The van der Waals surface area contributed by atoms with Crippen LogP contribution in [0.4, 0.5) is 5.69 Å². The van der Waals surface area contributed by atoms with E-state index in [4.69, 9.17) is 0 Å². The normalized spacial score (nSPS) is 13.8. The molecule has 3 rings (SSSR count). The van der Waals surface area contributed by atoms with Gasteiger partial charge in [0.1, 0.15) is 0 Å². The van der Waals surface area contributed by atoms with Crippen molar-refractivity contribution in [2.45, 2.75) is 19.8 Å². The first-order valence-electron chi connectivity index (χ1n) is 6.21. The highest BCUT2D eigenvalue weighted by Crippen LogP contribution is 2.28. The van der Waals surface area contributed by atoms with Crippen LogP contribution in [0.1, 0.15) is 32.8 Å². The van der Waals surface area contributed by atoms with E-state index in [1.807, 2.05) is 30.5 Å². The lowest BCUT2D eigenvalue weighted by Gasteiger charge is -2.20. The quantitative estimate of drug-likeness (QED) is 0.832. The lowest BCUT2D eigenvalue weighted by Crippen LogP contribution is -2.15. The van der Waals surface area contributed by atoms with E-state index < -0.39 is 0 Å². The zero-order valence-electron chi connectivity index (χ0n) is 10.3. The van der Waals surface area contributed by atoms with Crippen molar-refractivity contribution in [3.05, 3.63) is 51.2 Å². The minimum Gasteiger partial charge on any atom is -0.385 e. The predicted octanol–water partition coefficient (Wildman–Crippen LogP) is 3.65. The number of hydrogen-bond donors (Lipinski definition) is 1. The molecule has 0 aliphatic carbocycles. The van der Waals surface area contributed by atoms with Gasteiger partial charge in [-0.25, -0.2) is 0 Å². The molecule has 18 heavy (non-hydrogen) atoms. The summed E-state index contributed by atoms with van der Waals surface area (Å²) < 4.78 is 0. The third-order valence-electron chi connectivity index (χ3n) is 3.33. The topological polar surface area (TPSA) is 29.1 Å². The molecule has 3 heteroatoms. The third kappa shape index (κ3) is 1.95. The molecule has 1 aliphatic rings. The Hall–Kier alpha value is -1.61. The number of anilines is 1. The van der Waals surface area contributed by atoms with Gasteiger partial charge in [0.2, 0.25) is 0 Å². The van der Waals surface area contributed by atoms with Crippen molar-refractivity contribution in [2.24, 2.45) is 0 Å². The highest BCUT2D eigenvalue weighted by Gasteiger charge is 2.18. The van der Waals surface area contributed by atoms with Crippen LogP contribution in [0, 0.1) is 6.92 Å². The second-order valence-corrected chi connectivity index (χ2v) is 5.75. The van der Waals surface area contributed by atoms with E-state index in [9.17, 15) is 4.79 Å². The van der Waals surface area contributed by atoms with Gasteiger partial charge in [0.25, 0.3) is 0 Å². The Balaban J connectivity index is 2.04. The number of carbonyl (C=O) groups excluding carboxylic acids is 1. The standard InChI is InChI=1S/C15H15NOS/c1-10-8-11(9-18-10)15(17)13-4-2-6-14-12(13)5-3-7-16-14/h2,4,6,8-9,16H,3,5,7H2,1H3. The minimum absolute atomic E-state index is 0.153. The maximum atomic E-state index is 12.5. The lowest BCUT2D eigenvalue weighted by molar-refractivity contribution is 0.103. The molecule has 0 unspecified atom stereocenters. The zero-order valence-corrected chi connectivity index (χ0v) is 11.1. The fraction of sp³-hybridized carbons (Fsp3) is 0.267. The van der Waals surface area contributed by atoms with Gasteiger partial charge in [-0.05, 0) is 37.5 Å². The van der Waals surface area contributed by atoms with Crippen molar-refractivity contribution in [3.63, 3.8) is 0 Å². The van der Waals surface area contributed by atoms with E-state index in [0.29, 0.717) is 0 Å². The number of aryl methyl sites for hydroxylation is 1. The van der Waals surface area contributed by atoms with Gasteiger partial charge in [0, 0.05) is 33.6 Å².